The number of carbonyl (C=O) groups excluding carboxylic acids is 1. The standard InChI is InChI=1S/C16H10BrNO3/c17-13-7-18-2-1-9(13)3-11-4-10-5-14-15(21-8-20-14)6-12(10)16(11)19/h1-3,5-7H,4,8H2/b11-3+. The van der Waals surface area contributed by atoms with E-state index >= 15 is 0 Å². The van der Waals surface area contributed by atoms with E-state index in [0.29, 0.717) is 23.5 Å². The number of ketones is 1. The van der Waals surface area contributed by atoms with E-state index in [2.05, 4.69) is 20.9 Å². The Morgan fingerprint density at radius 2 is 2.05 bits per heavy atom. The Hall–Kier alpha value is -2.14. The molecule has 0 atom stereocenters. The van der Waals surface area contributed by atoms with Crippen LogP contribution in [-0.2, 0) is 6.42 Å². The number of pyridine rings is 1. The van der Waals surface area contributed by atoms with Gasteiger partial charge in [-0.3, -0.25) is 9.78 Å². The van der Waals surface area contributed by atoms with Crippen molar-refractivity contribution in [2.75, 3.05) is 6.79 Å². The highest BCUT2D eigenvalue weighted by Crippen LogP contribution is 2.39. The molecule has 0 N–H and O–H groups in total. The number of benzene rings is 1. The van der Waals surface area contributed by atoms with Crippen molar-refractivity contribution in [3.05, 3.63) is 57.3 Å². The molecular formula is C16H10BrNO3. The average Bonchev–Trinajstić information content (AvgIpc) is 3.05. The summed E-state index contributed by atoms with van der Waals surface area (Å²) in [6.07, 6.45) is 5.94. The summed E-state index contributed by atoms with van der Waals surface area (Å²) in [4.78, 5) is 16.5. The van der Waals surface area contributed by atoms with Gasteiger partial charge in [0.1, 0.15) is 0 Å². The Labute approximate surface area is 129 Å². The van der Waals surface area contributed by atoms with Gasteiger partial charge in [0.2, 0.25) is 6.79 Å². The fraction of sp³-hybridized carbons (Fsp3) is 0.125. The van der Waals surface area contributed by atoms with Crippen LogP contribution in [0.2, 0.25) is 0 Å². The molecule has 0 radical (unpaired) electrons. The Morgan fingerprint density at radius 1 is 1.24 bits per heavy atom. The molecule has 1 aromatic heterocycles. The van der Waals surface area contributed by atoms with Crippen molar-refractivity contribution in [2.45, 2.75) is 6.42 Å². The Bertz CT molecular complexity index is 798. The number of allylic oxidation sites excluding steroid dienone is 1. The zero-order valence-corrected chi connectivity index (χ0v) is 12.5. The van der Waals surface area contributed by atoms with Gasteiger partial charge in [0.15, 0.2) is 17.3 Å². The highest BCUT2D eigenvalue weighted by Gasteiger charge is 2.28. The van der Waals surface area contributed by atoms with Gasteiger partial charge < -0.3 is 9.47 Å². The second kappa shape index (κ2) is 4.70. The van der Waals surface area contributed by atoms with Crippen LogP contribution in [0.3, 0.4) is 0 Å². The van der Waals surface area contributed by atoms with E-state index in [-0.39, 0.29) is 12.6 Å². The van der Waals surface area contributed by atoms with Crippen LogP contribution in [-0.4, -0.2) is 17.6 Å². The van der Waals surface area contributed by atoms with Gasteiger partial charge in [-0.25, -0.2) is 0 Å². The molecule has 104 valence electrons. The van der Waals surface area contributed by atoms with Crippen LogP contribution in [0.15, 0.2) is 40.6 Å². The van der Waals surface area contributed by atoms with Crippen molar-refractivity contribution in [1.29, 1.82) is 0 Å². The number of ether oxygens (including phenoxy) is 2. The number of nitrogens with zero attached hydrogens (tertiary/aromatic N) is 1. The zero-order valence-electron chi connectivity index (χ0n) is 10.9. The molecule has 0 amide bonds. The van der Waals surface area contributed by atoms with E-state index < -0.39 is 0 Å². The predicted octanol–water partition coefficient (Wildman–Crippen LogP) is 3.40. The van der Waals surface area contributed by atoms with Crippen LogP contribution in [0.4, 0.5) is 0 Å². The molecule has 0 unspecified atom stereocenters. The zero-order chi connectivity index (χ0) is 14.4. The highest BCUT2D eigenvalue weighted by atomic mass is 79.9. The molecule has 0 saturated carbocycles. The Morgan fingerprint density at radius 3 is 2.86 bits per heavy atom. The average molecular weight is 344 g/mol. The molecular weight excluding hydrogens is 334 g/mol. The molecule has 2 aromatic rings. The van der Waals surface area contributed by atoms with Crippen molar-refractivity contribution >= 4 is 27.8 Å². The number of halogens is 1. The van der Waals surface area contributed by atoms with Crippen molar-refractivity contribution in [3.63, 3.8) is 0 Å². The van der Waals surface area contributed by atoms with Crippen LogP contribution in [0, 0.1) is 0 Å². The van der Waals surface area contributed by atoms with Gasteiger partial charge in [0, 0.05) is 34.4 Å². The topological polar surface area (TPSA) is 48.4 Å². The summed E-state index contributed by atoms with van der Waals surface area (Å²) in [5, 5.41) is 0. The van der Waals surface area contributed by atoms with E-state index in [1.165, 1.54) is 0 Å². The number of fused-ring (bicyclic) bond motifs is 2. The third-order valence-corrected chi connectivity index (χ3v) is 4.31. The first-order chi connectivity index (χ1) is 10.2. The number of carbonyl (C=O) groups is 1. The largest absolute Gasteiger partial charge is 0.454 e. The Kier molecular flexibility index (Phi) is 2.82. The molecule has 2 aliphatic rings. The molecule has 1 aromatic carbocycles. The van der Waals surface area contributed by atoms with Crippen LogP contribution in [0.5, 0.6) is 11.5 Å². The molecule has 5 heteroatoms. The highest BCUT2D eigenvalue weighted by molar-refractivity contribution is 9.10. The SMILES string of the molecule is O=C1/C(=C/c2ccncc2Br)Cc2cc3c(cc21)OCO3. The minimum atomic E-state index is 0.0482. The quantitative estimate of drug-likeness (QED) is 0.744. The second-order valence-electron chi connectivity index (χ2n) is 4.94. The first kappa shape index (κ1) is 12.6. The summed E-state index contributed by atoms with van der Waals surface area (Å²) in [5.41, 5.74) is 3.40. The van der Waals surface area contributed by atoms with Crippen molar-refractivity contribution < 1.29 is 14.3 Å². The van der Waals surface area contributed by atoms with Crippen LogP contribution < -0.4 is 9.47 Å². The lowest BCUT2D eigenvalue weighted by atomic mass is 10.1. The molecule has 0 bridgehead atoms. The van der Waals surface area contributed by atoms with E-state index in [9.17, 15) is 4.79 Å². The number of rotatable bonds is 1. The summed E-state index contributed by atoms with van der Waals surface area (Å²) in [6.45, 7) is 0.221. The summed E-state index contributed by atoms with van der Waals surface area (Å²) in [7, 11) is 0. The molecule has 4 nitrogen and oxygen atoms in total. The number of Topliss-reactive ketones (excluding diaryl/α,β-unsaturated/α-hetero) is 1. The summed E-state index contributed by atoms with van der Waals surface area (Å²) in [6, 6.07) is 5.56. The van der Waals surface area contributed by atoms with Gasteiger partial charge in [-0.2, -0.15) is 0 Å². The third-order valence-electron chi connectivity index (χ3n) is 3.65. The molecule has 0 spiro atoms. The molecule has 0 fully saturated rings. The smallest absolute Gasteiger partial charge is 0.231 e. The molecule has 2 heterocycles. The van der Waals surface area contributed by atoms with Crippen molar-refractivity contribution in [3.8, 4) is 11.5 Å². The lowest BCUT2D eigenvalue weighted by molar-refractivity contribution is 0.104. The van der Waals surface area contributed by atoms with Gasteiger partial charge >= 0.3 is 0 Å². The molecule has 0 saturated heterocycles. The lowest BCUT2D eigenvalue weighted by Crippen LogP contribution is -1.96. The van der Waals surface area contributed by atoms with Crippen molar-refractivity contribution in [1.82, 2.24) is 4.98 Å². The van der Waals surface area contributed by atoms with Gasteiger partial charge in [-0.05, 0) is 51.3 Å². The monoisotopic (exact) mass is 343 g/mol. The number of hydrogen-bond acceptors (Lipinski definition) is 4. The maximum Gasteiger partial charge on any atom is 0.231 e. The fourth-order valence-corrected chi connectivity index (χ4v) is 2.97. The normalized spacial score (nSPS) is 17.4. The lowest BCUT2D eigenvalue weighted by Gasteiger charge is -1.99. The molecule has 4 rings (SSSR count). The fourth-order valence-electron chi connectivity index (χ4n) is 2.61. The summed E-state index contributed by atoms with van der Waals surface area (Å²) >= 11 is 3.44. The van der Waals surface area contributed by atoms with Gasteiger partial charge in [-0.1, -0.05) is 0 Å². The van der Waals surface area contributed by atoms with Crippen LogP contribution in [0.25, 0.3) is 6.08 Å². The predicted molar refractivity (Wildman–Crippen MR) is 80.5 cm³/mol. The van der Waals surface area contributed by atoms with E-state index in [0.717, 1.165) is 21.2 Å². The van der Waals surface area contributed by atoms with E-state index in [4.69, 9.17) is 9.47 Å². The van der Waals surface area contributed by atoms with Gasteiger partial charge in [0.05, 0.1) is 0 Å². The van der Waals surface area contributed by atoms with E-state index in [1.54, 1.807) is 18.5 Å². The minimum Gasteiger partial charge on any atom is -0.454 e. The van der Waals surface area contributed by atoms with Crippen LogP contribution >= 0.6 is 15.9 Å². The van der Waals surface area contributed by atoms with E-state index in [1.807, 2.05) is 18.2 Å². The first-order valence-electron chi connectivity index (χ1n) is 6.49. The van der Waals surface area contributed by atoms with Gasteiger partial charge in [-0.15, -0.1) is 0 Å². The summed E-state index contributed by atoms with van der Waals surface area (Å²) < 4.78 is 11.6. The van der Waals surface area contributed by atoms with Gasteiger partial charge in [0.25, 0.3) is 0 Å². The third kappa shape index (κ3) is 2.05. The second-order valence-corrected chi connectivity index (χ2v) is 5.79. The van der Waals surface area contributed by atoms with Crippen molar-refractivity contribution in [2.24, 2.45) is 0 Å². The number of aromatic nitrogens is 1. The summed E-state index contributed by atoms with van der Waals surface area (Å²) in [5.74, 6) is 1.41. The Balaban J connectivity index is 1.75. The molecule has 1 aliphatic heterocycles. The van der Waals surface area contributed by atoms with Crippen LogP contribution in [0.1, 0.15) is 21.5 Å². The number of hydrogen-bond donors (Lipinski definition) is 0. The minimum absolute atomic E-state index is 0.0482. The molecule has 1 aliphatic carbocycles. The first-order valence-corrected chi connectivity index (χ1v) is 7.29. The molecule has 21 heavy (non-hydrogen) atoms. The maximum atomic E-state index is 12.5. The maximum absolute atomic E-state index is 12.5.